The number of Topliss-reactive ketones (excluding diaryl/α,β-unsaturated/α-hetero) is 1. The van der Waals surface area contributed by atoms with Crippen LogP contribution < -0.4 is 10.8 Å². The molecule has 6 nitrogen and oxygen atoms in total. The summed E-state index contributed by atoms with van der Waals surface area (Å²) in [6.07, 6.45) is 4.61. The van der Waals surface area contributed by atoms with Crippen molar-refractivity contribution in [2.75, 3.05) is 6.54 Å². The first-order valence-electron chi connectivity index (χ1n) is 13.1. The van der Waals surface area contributed by atoms with Gasteiger partial charge in [-0.3, -0.25) is 4.79 Å². The third-order valence-corrected chi connectivity index (χ3v) is 9.56. The monoisotopic (exact) mass is 476 g/mol. The van der Waals surface area contributed by atoms with Crippen LogP contribution in [-0.4, -0.2) is 28.6 Å². The first-order valence-corrected chi connectivity index (χ1v) is 13.1. The second kappa shape index (κ2) is 7.97. The number of phenols is 1. The van der Waals surface area contributed by atoms with E-state index in [9.17, 15) is 15.0 Å². The molecule has 1 spiro atoms. The minimum atomic E-state index is -0.515. The molecule has 4 N–H and O–H groups in total. The number of hydrogen-bond acceptors (Lipinski definition) is 6. The van der Waals surface area contributed by atoms with E-state index in [1.54, 1.807) is 6.07 Å². The van der Waals surface area contributed by atoms with E-state index in [4.69, 9.17) is 4.84 Å². The molecule has 1 aromatic rings. The van der Waals surface area contributed by atoms with E-state index in [-0.39, 0.29) is 29.3 Å². The van der Waals surface area contributed by atoms with Crippen LogP contribution in [0.3, 0.4) is 0 Å². The van der Waals surface area contributed by atoms with Crippen molar-refractivity contribution in [3.63, 3.8) is 0 Å². The van der Waals surface area contributed by atoms with Crippen LogP contribution in [0.15, 0.2) is 46.9 Å². The SMILES string of the molecule is C=C1C(C)=C(O)C[C@@H]2CC3Cc4cc(CNC(C)C5CC5)cc(O)c4C(=O)C3=C3ONCC(C)[C@]132. The van der Waals surface area contributed by atoms with Crippen molar-refractivity contribution in [2.45, 2.75) is 65.5 Å². The molecule has 1 aromatic carbocycles. The molecule has 4 aliphatic carbocycles. The van der Waals surface area contributed by atoms with Gasteiger partial charge in [-0.2, -0.15) is 5.48 Å². The summed E-state index contributed by atoms with van der Waals surface area (Å²) in [4.78, 5) is 20.1. The number of aliphatic hydroxyl groups is 1. The molecule has 2 fully saturated rings. The van der Waals surface area contributed by atoms with Crippen LogP contribution in [0.2, 0.25) is 0 Å². The third kappa shape index (κ3) is 3.26. The van der Waals surface area contributed by atoms with Gasteiger partial charge in [-0.25, -0.2) is 0 Å². The highest BCUT2D eigenvalue weighted by molar-refractivity contribution is 6.13. The summed E-state index contributed by atoms with van der Waals surface area (Å²) < 4.78 is 0. The molecule has 0 amide bonds. The number of hydroxylamine groups is 1. The van der Waals surface area contributed by atoms with Gasteiger partial charge in [-0.15, -0.1) is 0 Å². The maximum atomic E-state index is 14.0. The van der Waals surface area contributed by atoms with E-state index in [1.807, 2.05) is 6.92 Å². The molecule has 1 aliphatic heterocycles. The van der Waals surface area contributed by atoms with E-state index in [0.29, 0.717) is 54.6 Å². The van der Waals surface area contributed by atoms with Gasteiger partial charge in [0, 0.05) is 31.1 Å². The van der Waals surface area contributed by atoms with E-state index >= 15 is 0 Å². The Morgan fingerprint density at radius 2 is 2.06 bits per heavy atom. The predicted molar refractivity (Wildman–Crippen MR) is 134 cm³/mol. The molecule has 3 unspecified atom stereocenters. The van der Waals surface area contributed by atoms with Crippen LogP contribution in [-0.2, 0) is 17.8 Å². The Hall–Kier alpha value is -2.57. The number of fused-ring (bicyclic) bond motifs is 2. The molecule has 6 rings (SSSR count). The largest absolute Gasteiger partial charge is 0.512 e. The van der Waals surface area contributed by atoms with Crippen LogP contribution in [0.5, 0.6) is 5.75 Å². The van der Waals surface area contributed by atoms with Crippen molar-refractivity contribution in [2.24, 2.45) is 29.1 Å². The minimum absolute atomic E-state index is 0.0118. The second-order valence-electron chi connectivity index (χ2n) is 11.5. The van der Waals surface area contributed by atoms with Gasteiger partial charge in [0.15, 0.2) is 5.78 Å². The number of phenolic OH excluding ortho intramolecular Hbond substituents is 1. The number of hydrogen-bond donors (Lipinski definition) is 4. The number of rotatable bonds is 4. The van der Waals surface area contributed by atoms with Crippen molar-refractivity contribution in [1.82, 2.24) is 10.8 Å². The molecule has 0 aromatic heterocycles. The average molecular weight is 477 g/mol. The van der Waals surface area contributed by atoms with Gasteiger partial charge in [0.05, 0.1) is 16.7 Å². The van der Waals surface area contributed by atoms with Crippen molar-refractivity contribution in [3.8, 4) is 5.75 Å². The summed E-state index contributed by atoms with van der Waals surface area (Å²) in [7, 11) is 0. The predicted octanol–water partition coefficient (Wildman–Crippen LogP) is 4.86. The van der Waals surface area contributed by atoms with Gasteiger partial charge in [-0.1, -0.05) is 19.6 Å². The lowest BCUT2D eigenvalue weighted by Crippen LogP contribution is -2.56. The number of aromatic hydroxyl groups is 1. The van der Waals surface area contributed by atoms with Gasteiger partial charge in [0.25, 0.3) is 0 Å². The number of benzene rings is 1. The van der Waals surface area contributed by atoms with Gasteiger partial charge < -0.3 is 20.4 Å². The summed E-state index contributed by atoms with van der Waals surface area (Å²) in [5, 5.41) is 25.3. The molecular formula is C29H36N2O4. The van der Waals surface area contributed by atoms with E-state index < -0.39 is 5.41 Å². The Kier molecular flexibility index (Phi) is 5.21. The lowest BCUT2D eigenvalue weighted by molar-refractivity contribution is -0.0629. The molecule has 1 saturated heterocycles. The Labute approximate surface area is 207 Å². The van der Waals surface area contributed by atoms with Gasteiger partial charge in [0.1, 0.15) is 11.5 Å². The molecule has 1 saturated carbocycles. The first-order chi connectivity index (χ1) is 16.7. The number of carbonyl (C=O) groups is 1. The highest BCUT2D eigenvalue weighted by atomic mass is 16.7. The summed E-state index contributed by atoms with van der Waals surface area (Å²) in [6.45, 7) is 12.0. The number of nitrogens with one attached hydrogen (secondary N) is 2. The maximum Gasteiger partial charge on any atom is 0.196 e. The molecule has 35 heavy (non-hydrogen) atoms. The maximum absolute atomic E-state index is 14.0. The fraction of sp³-hybridized carbons (Fsp3) is 0.552. The summed E-state index contributed by atoms with van der Waals surface area (Å²) in [5.41, 5.74) is 7.20. The summed E-state index contributed by atoms with van der Waals surface area (Å²) in [5.74, 6) is 2.00. The van der Waals surface area contributed by atoms with Crippen LogP contribution in [0, 0.1) is 29.1 Å². The first kappa shape index (κ1) is 22.9. The Morgan fingerprint density at radius 1 is 1.29 bits per heavy atom. The van der Waals surface area contributed by atoms with Crippen LogP contribution in [0.25, 0.3) is 0 Å². The lowest BCUT2D eigenvalue weighted by atomic mass is 9.49. The van der Waals surface area contributed by atoms with Gasteiger partial charge >= 0.3 is 0 Å². The molecule has 0 bridgehead atoms. The minimum Gasteiger partial charge on any atom is -0.512 e. The molecule has 0 radical (unpaired) electrons. The zero-order valence-corrected chi connectivity index (χ0v) is 20.9. The second-order valence-corrected chi connectivity index (χ2v) is 11.5. The zero-order valence-electron chi connectivity index (χ0n) is 20.9. The molecular weight excluding hydrogens is 440 g/mol. The van der Waals surface area contributed by atoms with E-state index in [0.717, 1.165) is 34.6 Å². The normalized spacial score (nSPS) is 32.9. The fourth-order valence-electron chi connectivity index (χ4n) is 7.39. The smallest absolute Gasteiger partial charge is 0.196 e. The van der Waals surface area contributed by atoms with Crippen LogP contribution in [0.1, 0.15) is 67.9 Å². The highest BCUT2D eigenvalue weighted by Gasteiger charge is 2.60. The average Bonchev–Trinajstić information content (AvgIpc) is 3.66. The third-order valence-electron chi connectivity index (χ3n) is 9.56. The van der Waals surface area contributed by atoms with Crippen LogP contribution >= 0.6 is 0 Å². The molecule has 186 valence electrons. The summed E-state index contributed by atoms with van der Waals surface area (Å²) >= 11 is 0. The number of ketones is 1. The number of allylic oxidation sites excluding steroid dienone is 4. The van der Waals surface area contributed by atoms with Crippen molar-refractivity contribution < 1.29 is 19.8 Å². The Morgan fingerprint density at radius 3 is 2.80 bits per heavy atom. The van der Waals surface area contributed by atoms with Crippen molar-refractivity contribution in [3.05, 3.63) is 63.6 Å². The summed E-state index contributed by atoms with van der Waals surface area (Å²) in [6, 6.07) is 4.29. The topological polar surface area (TPSA) is 90.8 Å². The van der Waals surface area contributed by atoms with Crippen LogP contribution in [0.4, 0.5) is 0 Å². The quantitative estimate of drug-likeness (QED) is 0.496. The molecule has 5 aliphatic rings. The number of aliphatic hydroxyl groups excluding tert-OH is 1. The van der Waals surface area contributed by atoms with E-state index in [1.165, 1.54) is 12.8 Å². The number of carbonyl (C=O) groups excluding carboxylic acids is 1. The van der Waals surface area contributed by atoms with E-state index in [2.05, 4.69) is 37.3 Å². The Balaban J connectivity index is 1.42. The van der Waals surface area contributed by atoms with Gasteiger partial charge in [-0.05, 0) is 91.5 Å². The standard InChI is InChI=1S/C29H36N2O4/c1-14-12-31-35-28-26-21(10-22-11-23(32)15(2)16(3)29(14,22)28)9-20-7-18(8-24(33)25(20)27(26)34)13-30-17(4)19-5-6-19/h7-8,14,17,19,21-22,30-33H,3,5-6,9-13H2,1-2,4H3/t14?,17?,21?,22-,29+/m0/s1. The molecule has 6 heteroatoms. The molecule has 1 heterocycles. The van der Waals surface area contributed by atoms with Gasteiger partial charge in [0.2, 0.25) is 0 Å². The lowest BCUT2D eigenvalue weighted by Gasteiger charge is -2.56. The Bertz CT molecular complexity index is 1190. The van der Waals surface area contributed by atoms with Crippen molar-refractivity contribution in [1.29, 1.82) is 0 Å². The highest BCUT2D eigenvalue weighted by Crippen LogP contribution is 2.63. The zero-order chi connectivity index (χ0) is 24.6. The molecule has 5 atom stereocenters. The fourth-order valence-corrected chi connectivity index (χ4v) is 7.39. The van der Waals surface area contributed by atoms with Crippen molar-refractivity contribution >= 4 is 5.78 Å².